The van der Waals surface area contributed by atoms with Crippen LogP contribution in [0, 0.1) is 0 Å². The topological polar surface area (TPSA) is 63.6 Å². The van der Waals surface area contributed by atoms with E-state index in [2.05, 4.69) is 15.5 Å². The molecule has 5 nitrogen and oxygen atoms in total. The van der Waals surface area contributed by atoms with Crippen molar-refractivity contribution in [3.05, 3.63) is 59.9 Å². The Morgan fingerprint density at radius 2 is 2.00 bits per heavy atom. The second-order valence-electron chi connectivity index (χ2n) is 5.53. The van der Waals surface area contributed by atoms with E-state index in [-0.39, 0.29) is 5.91 Å². The first-order chi connectivity index (χ1) is 11.3. The Morgan fingerprint density at radius 1 is 1.22 bits per heavy atom. The molecule has 1 aromatic carbocycles. The fourth-order valence-corrected chi connectivity index (χ4v) is 2.57. The number of ether oxygens (including phenoxy) is 1. The first kappa shape index (κ1) is 15.2. The highest BCUT2D eigenvalue weighted by atomic mass is 16.5. The molecule has 0 spiro atoms. The van der Waals surface area contributed by atoms with E-state index in [1.54, 1.807) is 30.7 Å². The Bertz CT molecular complexity index is 662. The van der Waals surface area contributed by atoms with Gasteiger partial charge in [-0.3, -0.25) is 9.78 Å². The second-order valence-corrected chi connectivity index (χ2v) is 5.53. The maximum Gasteiger partial charge on any atom is 0.271 e. The van der Waals surface area contributed by atoms with Gasteiger partial charge in [-0.15, -0.1) is 0 Å². The summed E-state index contributed by atoms with van der Waals surface area (Å²) in [6, 6.07) is 10.8. The van der Waals surface area contributed by atoms with Crippen molar-refractivity contribution in [3.63, 3.8) is 0 Å². The average Bonchev–Trinajstić information content (AvgIpc) is 3.09. The van der Waals surface area contributed by atoms with Crippen LogP contribution in [-0.2, 0) is 0 Å². The van der Waals surface area contributed by atoms with E-state index in [0.29, 0.717) is 11.7 Å². The summed E-state index contributed by atoms with van der Waals surface area (Å²) in [5.74, 6) is 0.560. The summed E-state index contributed by atoms with van der Waals surface area (Å²) in [6.07, 6.45) is 9.94. The van der Waals surface area contributed by atoms with Crippen molar-refractivity contribution in [2.45, 2.75) is 31.8 Å². The second kappa shape index (κ2) is 7.54. The minimum Gasteiger partial charge on any atom is -0.490 e. The third-order valence-electron chi connectivity index (χ3n) is 3.79. The van der Waals surface area contributed by atoms with Gasteiger partial charge in [0.1, 0.15) is 5.75 Å². The fourth-order valence-electron chi connectivity index (χ4n) is 2.57. The minimum atomic E-state index is -0.252. The van der Waals surface area contributed by atoms with E-state index in [4.69, 9.17) is 4.74 Å². The lowest BCUT2D eigenvalue weighted by Gasteiger charge is -2.12. The van der Waals surface area contributed by atoms with Crippen LogP contribution in [0.1, 0.15) is 41.6 Å². The molecule has 23 heavy (non-hydrogen) atoms. The molecule has 0 unspecified atom stereocenters. The Morgan fingerprint density at radius 3 is 2.70 bits per heavy atom. The number of rotatable bonds is 5. The largest absolute Gasteiger partial charge is 0.490 e. The molecule has 0 saturated heterocycles. The van der Waals surface area contributed by atoms with Crippen molar-refractivity contribution in [2.24, 2.45) is 5.10 Å². The molecule has 1 amide bonds. The maximum absolute atomic E-state index is 12.0. The standard InChI is InChI=1S/C18H19N3O2/c22-18(21-20-13-14-4-3-11-19-12-14)15-7-9-17(10-8-15)23-16-5-1-2-6-16/h3-4,7-13,16H,1-2,5-6H2,(H,21,22)/b20-13-. The van der Waals surface area contributed by atoms with Gasteiger partial charge in [-0.1, -0.05) is 6.07 Å². The molecule has 0 bridgehead atoms. The molecule has 118 valence electrons. The van der Waals surface area contributed by atoms with E-state index >= 15 is 0 Å². The van der Waals surface area contributed by atoms with Gasteiger partial charge < -0.3 is 4.74 Å². The van der Waals surface area contributed by atoms with Crippen LogP contribution < -0.4 is 10.2 Å². The zero-order valence-electron chi connectivity index (χ0n) is 12.8. The predicted octanol–water partition coefficient (Wildman–Crippen LogP) is 3.17. The molecular formula is C18H19N3O2. The van der Waals surface area contributed by atoms with Gasteiger partial charge in [0.25, 0.3) is 5.91 Å². The van der Waals surface area contributed by atoms with Gasteiger partial charge in [0.05, 0.1) is 12.3 Å². The number of hydrazone groups is 1. The molecule has 1 aliphatic carbocycles. The summed E-state index contributed by atoms with van der Waals surface area (Å²) in [5, 5.41) is 3.93. The highest BCUT2D eigenvalue weighted by molar-refractivity contribution is 5.94. The zero-order chi connectivity index (χ0) is 15.9. The Balaban J connectivity index is 1.54. The lowest BCUT2D eigenvalue weighted by molar-refractivity contribution is 0.0955. The molecule has 0 aliphatic heterocycles. The smallest absolute Gasteiger partial charge is 0.271 e. The van der Waals surface area contributed by atoms with E-state index in [9.17, 15) is 4.79 Å². The van der Waals surface area contributed by atoms with Gasteiger partial charge in [-0.05, 0) is 56.0 Å². The molecule has 1 aromatic heterocycles. The van der Waals surface area contributed by atoms with E-state index in [1.165, 1.54) is 12.8 Å². The van der Waals surface area contributed by atoms with Crippen LogP contribution >= 0.6 is 0 Å². The number of nitrogens with one attached hydrogen (secondary N) is 1. The summed E-state index contributed by atoms with van der Waals surface area (Å²) in [6.45, 7) is 0. The average molecular weight is 309 g/mol. The lowest BCUT2D eigenvalue weighted by atomic mass is 10.2. The molecule has 1 aliphatic rings. The quantitative estimate of drug-likeness (QED) is 0.681. The Hall–Kier alpha value is -2.69. The van der Waals surface area contributed by atoms with Gasteiger partial charge in [0.15, 0.2) is 0 Å². The SMILES string of the molecule is O=C(N/N=C\c1cccnc1)c1ccc(OC2CCCC2)cc1. The molecular weight excluding hydrogens is 290 g/mol. The summed E-state index contributed by atoms with van der Waals surface area (Å²) >= 11 is 0. The van der Waals surface area contributed by atoms with Crippen LogP contribution in [0.3, 0.4) is 0 Å². The van der Waals surface area contributed by atoms with E-state index < -0.39 is 0 Å². The Labute approximate surface area is 135 Å². The first-order valence-corrected chi connectivity index (χ1v) is 7.81. The van der Waals surface area contributed by atoms with Gasteiger partial charge in [-0.2, -0.15) is 5.10 Å². The zero-order valence-corrected chi connectivity index (χ0v) is 12.8. The molecule has 0 radical (unpaired) electrons. The molecule has 1 heterocycles. The summed E-state index contributed by atoms with van der Waals surface area (Å²) in [4.78, 5) is 16.0. The fraction of sp³-hybridized carbons (Fsp3) is 0.278. The van der Waals surface area contributed by atoms with E-state index in [1.807, 2.05) is 24.3 Å². The number of pyridine rings is 1. The van der Waals surface area contributed by atoms with Crippen molar-refractivity contribution >= 4 is 12.1 Å². The van der Waals surface area contributed by atoms with Crippen molar-refractivity contribution in [1.29, 1.82) is 0 Å². The molecule has 2 aromatic rings. The number of hydrogen-bond acceptors (Lipinski definition) is 4. The minimum absolute atomic E-state index is 0.252. The summed E-state index contributed by atoms with van der Waals surface area (Å²) in [7, 11) is 0. The highest BCUT2D eigenvalue weighted by Crippen LogP contribution is 2.24. The van der Waals surface area contributed by atoms with Crippen LogP contribution in [0.25, 0.3) is 0 Å². The third kappa shape index (κ3) is 4.39. The number of carbonyl (C=O) groups excluding carboxylic acids is 1. The number of aromatic nitrogens is 1. The van der Waals surface area contributed by atoms with Crippen molar-refractivity contribution in [2.75, 3.05) is 0 Å². The summed E-state index contributed by atoms with van der Waals surface area (Å²) < 4.78 is 5.88. The number of hydrogen-bond donors (Lipinski definition) is 1. The van der Waals surface area contributed by atoms with Crippen LogP contribution in [-0.4, -0.2) is 23.2 Å². The van der Waals surface area contributed by atoms with Gasteiger partial charge in [0, 0.05) is 23.5 Å². The molecule has 1 fully saturated rings. The van der Waals surface area contributed by atoms with Crippen LogP contribution in [0.15, 0.2) is 53.9 Å². The summed E-state index contributed by atoms with van der Waals surface area (Å²) in [5.41, 5.74) is 3.88. The molecule has 5 heteroatoms. The monoisotopic (exact) mass is 309 g/mol. The highest BCUT2D eigenvalue weighted by Gasteiger charge is 2.16. The van der Waals surface area contributed by atoms with Gasteiger partial charge in [0.2, 0.25) is 0 Å². The van der Waals surface area contributed by atoms with Crippen LogP contribution in [0.5, 0.6) is 5.75 Å². The molecule has 0 atom stereocenters. The number of amides is 1. The lowest BCUT2D eigenvalue weighted by Crippen LogP contribution is -2.17. The predicted molar refractivity (Wildman–Crippen MR) is 88.6 cm³/mol. The van der Waals surface area contributed by atoms with Gasteiger partial charge >= 0.3 is 0 Å². The maximum atomic E-state index is 12.0. The van der Waals surface area contributed by atoms with Crippen molar-refractivity contribution in [3.8, 4) is 5.75 Å². The molecule has 1 saturated carbocycles. The van der Waals surface area contributed by atoms with Crippen molar-refractivity contribution in [1.82, 2.24) is 10.4 Å². The number of carbonyl (C=O) groups is 1. The first-order valence-electron chi connectivity index (χ1n) is 7.81. The van der Waals surface area contributed by atoms with Crippen LogP contribution in [0.2, 0.25) is 0 Å². The normalized spacial score (nSPS) is 15.0. The Kier molecular flexibility index (Phi) is 4.99. The van der Waals surface area contributed by atoms with E-state index in [0.717, 1.165) is 24.2 Å². The number of benzene rings is 1. The third-order valence-corrected chi connectivity index (χ3v) is 3.79. The molecule has 1 N–H and O–H groups in total. The van der Waals surface area contributed by atoms with Crippen molar-refractivity contribution < 1.29 is 9.53 Å². The van der Waals surface area contributed by atoms with Gasteiger partial charge in [-0.25, -0.2) is 5.43 Å². The van der Waals surface area contributed by atoms with Crippen LogP contribution in [0.4, 0.5) is 0 Å². The molecule has 3 rings (SSSR count). The number of nitrogens with zero attached hydrogens (tertiary/aromatic N) is 2.